The van der Waals surface area contributed by atoms with E-state index in [9.17, 15) is 8.78 Å². The first-order chi connectivity index (χ1) is 6.07. The Hall–Kier alpha value is -0.420. The lowest BCUT2D eigenvalue weighted by molar-refractivity contribution is 0.141. The van der Waals surface area contributed by atoms with Gasteiger partial charge >= 0.3 is 0 Å². The second-order valence-electron chi connectivity index (χ2n) is 2.14. The molecule has 6 heteroatoms. The molecule has 0 fully saturated rings. The van der Waals surface area contributed by atoms with Crippen molar-refractivity contribution in [2.24, 2.45) is 0 Å². The van der Waals surface area contributed by atoms with Crippen molar-refractivity contribution in [2.45, 2.75) is 6.43 Å². The molecule has 0 aliphatic carbocycles. The van der Waals surface area contributed by atoms with Crippen molar-refractivity contribution in [3.8, 4) is 5.75 Å². The van der Waals surface area contributed by atoms with Crippen LogP contribution < -0.4 is 4.74 Å². The van der Waals surface area contributed by atoms with Crippen molar-refractivity contribution in [1.82, 2.24) is 4.98 Å². The highest BCUT2D eigenvalue weighted by atomic mass is 79.9. The molecule has 0 atom stereocenters. The fraction of sp³-hybridized carbons (Fsp3) is 0.286. The smallest absolute Gasteiger partial charge is 0.284 e. The molecule has 0 radical (unpaired) electrons. The molecule has 1 heterocycles. The van der Waals surface area contributed by atoms with Crippen LogP contribution in [0.15, 0.2) is 10.7 Å². The first kappa shape index (κ1) is 10.7. The van der Waals surface area contributed by atoms with E-state index in [1.54, 1.807) is 0 Å². The summed E-state index contributed by atoms with van der Waals surface area (Å²) in [7, 11) is 1.28. The maximum Gasteiger partial charge on any atom is 0.284 e. The van der Waals surface area contributed by atoms with Crippen molar-refractivity contribution in [3.63, 3.8) is 0 Å². The van der Waals surface area contributed by atoms with Crippen molar-refractivity contribution in [1.29, 1.82) is 0 Å². The van der Waals surface area contributed by atoms with Gasteiger partial charge in [0.1, 0.15) is 5.69 Å². The highest BCUT2D eigenvalue weighted by Gasteiger charge is 2.19. The Morgan fingerprint density at radius 3 is 2.69 bits per heavy atom. The predicted octanol–water partition coefficient (Wildman–Crippen LogP) is 3.44. The van der Waals surface area contributed by atoms with Gasteiger partial charge in [-0.05, 0) is 15.9 Å². The monoisotopic (exact) mass is 271 g/mol. The van der Waals surface area contributed by atoms with Crippen LogP contribution in [-0.2, 0) is 0 Å². The molecule has 1 aromatic rings. The van der Waals surface area contributed by atoms with Crippen LogP contribution in [0.4, 0.5) is 8.78 Å². The molecule has 1 rings (SSSR count). The third-order valence-corrected chi connectivity index (χ3v) is 2.67. The van der Waals surface area contributed by atoms with Gasteiger partial charge in [-0.15, -0.1) is 0 Å². The Bertz CT molecular complexity index is 322. The fourth-order valence-electron chi connectivity index (χ4n) is 0.812. The van der Waals surface area contributed by atoms with E-state index in [0.29, 0.717) is 4.47 Å². The predicted molar refractivity (Wildman–Crippen MR) is 48.5 cm³/mol. The molecule has 1 aromatic heterocycles. The normalized spacial score (nSPS) is 10.6. The van der Waals surface area contributed by atoms with E-state index >= 15 is 0 Å². The van der Waals surface area contributed by atoms with Crippen LogP contribution in [-0.4, -0.2) is 12.1 Å². The molecular formula is C7H5BrClF2NO. The van der Waals surface area contributed by atoms with Crippen LogP contribution in [0.2, 0.25) is 5.02 Å². The zero-order chi connectivity index (χ0) is 10.0. The van der Waals surface area contributed by atoms with Gasteiger partial charge in [-0.2, -0.15) is 0 Å². The van der Waals surface area contributed by atoms with Gasteiger partial charge in [-0.1, -0.05) is 11.6 Å². The summed E-state index contributed by atoms with van der Waals surface area (Å²) in [5.41, 5.74) is -0.418. The van der Waals surface area contributed by atoms with Gasteiger partial charge in [0.25, 0.3) is 6.43 Å². The Balaban J connectivity index is 3.30. The number of halogens is 4. The molecule has 0 spiro atoms. The quantitative estimate of drug-likeness (QED) is 0.823. The van der Waals surface area contributed by atoms with Crippen molar-refractivity contribution in [2.75, 3.05) is 7.11 Å². The Morgan fingerprint density at radius 2 is 2.23 bits per heavy atom. The third-order valence-electron chi connectivity index (χ3n) is 1.37. The number of hydrogen-bond donors (Lipinski definition) is 0. The lowest BCUT2D eigenvalue weighted by atomic mass is 10.3. The van der Waals surface area contributed by atoms with E-state index in [1.807, 2.05) is 0 Å². The van der Waals surface area contributed by atoms with Gasteiger partial charge in [-0.25, -0.2) is 13.8 Å². The number of rotatable bonds is 2. The molecule has 0 aliphatic rings. The third kappa shape index (κ3) is 2.08. The first-order valence-corrected chi connectivity index (χ1v) is 4.41. The molecule has 0 aromatic carbocycles. The average molecular weight is 272 g/mol. The summed E-state index contributed by atoms with van der Waals surface area (Å²) < 4.78 is 29.7. The Labute approximate surface area is 87.0 Å². The summed E-state index contributed by atoms with van der Waals surface area (Å²) >= 11 is 8.66. The molecule has 0 N–H and O–H groups in total. The molecule has 0 bridgehead atoms. The zero-order valence-corrected chi connectivity index (χ0v) is 8.86. The highest BCUT2D eigenvalue weighted by Crippen LogP contribution is 2.37. The molecule has 0 unspecified atom stereocenters. The molecular weight excluding hydrogens is 267 g/mol. The van der Waals surface area contributed by atoms with Crippen LogP contribution in [0.5, 0.6) is 5.75 Å². The minimum Gasteiger partial charge on any atom is -0.493 e. The highest BCUT2D eigenvalue weighted by molar-refractivity contribution is 9.10. The van der Waals surface area contributed by atoms with Crippen LogP contribution in [0.1, 0.15) is 12.1 Å². The molecule has 0 amide bonds. The van der Waals surface area contributed by atoms with Gasteiger partial charge in [0.15, 0.2) is 5.75 Å². The van der Waals surface area contributed by atoms with E-state index in [0.717, 1.165) is 6.20 Å². The summed E-state index contributed by atoms with van der Waals surface area (Å²) in [6.07, 6.45) is -1.53. The average Bonchev–Trinajstić information content (AvgIpc) is 2.09. The minimum atomic E-state index is -2.68. The lowest BCUT2D eigenvalue weighted by Gasteiger charge is -2.09. The second kappa shape index (κ2) is 4.19. The molecule has 72 valence electrons. The second-order valence-corrected chi connectivity index (χ2v) is 3.34. The van der Waals surface area contributed by atoms with Crippen molar-refractivity contribution in [3.05, 3.63) is 21.4 Å². The van der Waals surface area contributed by atoms with E-state index in [1.165, 1.54) is 7.11 Å². The van der Waals surface area contributed by atoms with Crippen LogP contribution in [0, 0.1) is 0 Å². The van der Waals surface area contributed by atoms with Gasteiger partial charge < -0.3 is 4.74 Å². The SMILES string of the molecule is COc1c(C(F)F)ncc(Cl)c1Br. The number of hydrogen-bond acceptors (Lipinski definition) is 2. The summed E-state index contributed by atoms with van der Waals surface area (Å²) in [5.74, 6) is -0.0255. The number of methoxy groups -OCH3 is 1. The number of nitrogens with zero attached hydrogens (tertiary/aromatic N) is 1. The summed E-state index contributed by atoms with van der Waals surface area (Å²) in [4.78, 5) is 3.47. The van der Waals surface area contributed by atoms with E-state index < -0.39 is 12.1 Å². The molecule has 13 heavy (non-hydrogen) atoms. The first-order valence-electron chi connectivity index (χ1n) is 3.24. The lowest BCUT2D eigenvalue weighted by Crippen LogP contribution is -1.97. The van der Waals surface area contributed by atoms with Crippen LogP contribution in [0.25, 0.3) is 0 Å². The van der Waals surface area contributed by atoms with Gasteiger partial charge in [-0.3, -0.25) is 0 Å². The Morgan fingerprint density at radius 1 is 1.62 bits per heavy atom. The van der Waals surface area contributed by atoms with Crippen LogP contribution in [0.3, 0.4) is 0 Å². The maximum atomic E-state index is 12.3. The van der Waals surface area contributed by atoms with Gasteiger partial charge in [0, 0.05) is 6.20 Å². The van der Waals surface area contributed by atoms with Crippen LogP contribution >= 0.6 is 27.5 Å². The van der Waals surface area contributed by atoms with E-state index in [2.05, 4.69) is 20.9 Å². The largest absolute Gasteiger partial charge is 0.493 e. The topological polar surface area (TPSA) is 22.1 Å². The standard InChI is InChI=1S/C7H5BrClF2NO/c1-13-6-4(8)3(9)2-12-5(6)7(10)11/h2,7H,1H3. The maximum absolute atomic E-state index is 12.3. The van der Waals surface area contributed by atoms with Crippen molar-refractivity contribution < 1.29 is 13.5 Å². The number of alkyl halides is 2. The fourth-order valence-corrected chi connectivity index (χ4v) is 1.41. The summed E-state index contributed by atoms with van der Waals surface area (Å²) in [6, 6.07) is 0. The molecule has 2 nitrogen and oxygen atoms in total. The number of ether oxygens (including phenoxy) is 1. The number of pyridine rings is 1. The molecule has 0 saturated heterocycles. The summed E-state index contributed by atoms with van der Waals surface area (Å²) in [6.45, 7) is 0. The zero-order valence-electron chi connectivity index (χ0n) is 6.52. The Kier molecular flexibility index (Phi) is 3.44. The minimum absolute atomic E-state index is 0.0255. The van der Waals surface area contributed by atoms with E-state index in [4.69, 9.17) is 16.3 Å². The summed E-state index contributed by atoms with van der Waals surface area (Å²) in [5, 5.41) is 0.237. The van der Waals surface area contributed by atoms with Crippen molar-refractivity contribution >= 4 is 27.5 Å². The van der Waals surface area contributed by atoms with Gasteiger partial charge in [0.2, 0.25) is 0 Å². The molecule has 0 aliphatic heterocycles. The van der Waals surface area contributed by atoms with Gasteiger partial charge in [0.05, 0.1) is 16.6 Å². The van der Waals surface area contributed by atoms with E-state index in [-0.39, 0.29) is 10.8 Å². The molecule has 0 saturated carbocycles. The number of aromatic nitrogens is 1.